The van der Waals surface area contributed by atoms with Gasteiger partial charge in [0, 0.05) is 6.20 Å². The van der Waals surface area contributed by atoms with E-state index in [0.717, 1.165) is 18.4 Å². The van der Waals surface area contributed by atoms with Crippen LogP contribution in [0.3, 0.4) is 0 Å². The summed E-state index contributed by atoms with van der Waals surface area (Å²) < 4.78 is 13.2. The molecule has 1 aliphatic carbocycles. The van der Waals surface area contributed by atoms with Crippen molar-refractivity contribution in [3.05, 3.63) is 59.7 Å². The number of hydrogen-bond donors (Lipinski definition) is 2. The predicted molar refractivity (Wildman–Crippen MR) is 65.6 cm³/mol. The molecule has 1 aromatic heterocycles. The van der Waals surface area contributed by atoms with Gasteiger partial charge in [0.1, 0.15) is 11.5 Å². The van der Waals surface area contributed by atoms with E-state index in [-0.39, 0.29) is 17.3 Å². The summed E-state index contributed by atoms with van der Waals surface area (Å²) in [7, 11) is 0. The Bertz CT molecular complexity index is 573. The van der Waals surface area contributed by atoms with Gasteiger partial charge in [0.25, 0.3) is 5.91 Å². The number of carbonyl (C=O) groups is 1. The molecule has 0 bridgehead atoms. The summed E-state index contributed by atoms with van der Waals surface area (Å²) in [5.74, 6) is -0.422. The van der Waals surface area contributed by atoms with Crippen molar-refractivity contribution in [3.8, 4) is 0 Å². The van der Waals surface area contributed by atoms with E-state index in [1.54, 1.807) is 24.4 Å². The average Bonchev–Trinajstić information content (AvgIpc) is 2.93. The molecule has 0 unspecified atom stereocenters. The summed E-state index contributed by atoms with van der Waals surface area (Å²) in [5, 5.41) is 2.98. The zero-order valence-corrected chi connectivity index (χ0v) is 9.74. The van der Waals surface area contributed by atoms with E-state index >= 15 is 0 Å². The largest absolute Gasteiger partial charge is 0.357 e. The molecule has 0 radical (unpaired) electrons. The average molecular weight is 244 g/mol. The molecule has 92 valence electrons. The van der Waals surface area contributed by atoms with E-state index in [2.05, 4.69) is 10.3 Å². The van der Waals surface area contributed by atoms with E-state index < -0.39 is 0 Å². The fraction of sp³-hybridized carbons (Fsp3) is 0.214. The minimum atomic E-state index is -0.385. The fourth-order valence-corrected chi connectivity index (χ4v) is 2.15. The number of hydrogen-bond acceptors (Lipinski definition) is 1. The van der Waals surface area contributed by atoms with E-state index in [4.69, 9.17) is 0 Å². The highest BCUT2D eigenvalue weighted by molar-refractivity contribution is 5.93. The first kappa shape index (κ1) is 11.0. The third kappa shape index (κ3) is 1.90. The van der Waals surface area contributed by atoms with Crippen LogP contribution in [-0.2, 0) is 5.54 Å². The van der Waals surface area contributed by atoms with Crippen molar-refractivity contribution in [1.29, 1.82) is 0 Å². The maximum absolute atomic E-state index is 13.2. The van der Waals surface area contributed by atoms with Gasteiger partial charge in [-0.05, 0) is 42.7 Å². The van der Waals surface area contributed by atoms with Crippen LogP contribution >= 0.6 is 0 Å². The Hall–Kier alpha value is -2.10. The molecule has 1 fully saturated rings. The van der Waals surface area contributed by atoms with Crippen LogP contribution in [0.1, 0.15) is 28.9 Å². The van der Waals surface area contributed by atoms with E-state index in [1.165, 1.54) is 12.1 Å². The van der Waals surface area contributed by atoms with Crippen LogP contribution in [0.15, 0.2) is 42.6 Å². The predicted octanol–water partition coefficient (Wildman–Crippen LogP) is 2.57. The Labute approximate surface area is 104 Å². The fourth-order valence-electron chi connectivity index (χ4n) is 2.15. The molecule has 1 amide bonds. The number of aromatic amines is 1. The lowest BCUT2D eigenvalue weighted by atomic mass is 10.0. The van der Waals surface area contributed by atoms with Gasteiger partial charge in [-0.15, -0.1) is 0 Å². The van der Waals surface area contributed by atoms with Crippen LogP contribution in [0.5, 0.6) is 0 Å². The molecule has 18 heavy (non-hydrogen) atoms. The number of nitrogens with one attached hydrogen (secondary N) is 2. The molecule has 2 N–H and O–H groups in total. The first-order chi connectivity index (χ1) is 8.70. The van der Waals surface area contributed by atoms with Crippen molar-refractivity contribution < 1.29 is 9.18 Å². The highest BCUT2D eigenvalue weighted by Gasteiger charge is 2.46. The second-order valence-corrected chi connectivity index (χ2v) is 4.63. The van der Waals surface area contributed by atoms with Crippen molar-refractivity contribution in [1.82, 2.24) is 10.3 Å². The van der Waals surface area contributed by atoms with Crippen molar-refractivity contribution in [3.63, 3.8) is 0 Å². The zero-order valence-electron chi connectivity index (χ0n) is 9.74. The number of rotatable bonds is 3. The molecule has 1 aliphatic rings. The minimum absolute atomic E-state index is 0.151. The summed E-state index contributed by atoms with van der Waals surface area (Å²) in [4.78, 5) is 14.8. The first-order valence-corrected chi connectivity index (χ1v) is 5.92. The van der Waals surface area contributed by atoms with Gasteiger partial charge >= 0.3 is 0 Å². The number of benzene rings is 1. The maximum atomic E-state index is 13.2. The van der Waals surface area contributed by atoms with Crippen LogP contribution in [0.25, 0.3) is 0 Å². The second-order valence-electron chi connectivity index (χ2n) is 4.63. The molecule has 0 spiro atoms. The lowest BCUT2D eigenvalue weighted by Crippen LogP contribution is -2.35. The minimum Gasteiger partial charge on any atom is -0.357 e. The van der Waals surface area contributed by atoms with Crippen LogP contribution in [-0.4, -0.2) is 10.9 Å². The van der Waals surface area contributed by atoms with Gasteiger partial charge in [-0.1, -0.05) is 12.1 Å². The maximum Gasteiger partial charge on any atom is 0.268 e. The third-order valence-electron chi connectivity index (χ3n) is 3.32. The van der Waals surface area contributed by atoms with Gasteiger partial charge in [-0.25, -0.2) is 4.39 Å². The lowest BCUT2D eigenvalue weighted by Gasteiger charge is -2.17. The molecule has 0 saturated heterocycles. The molecule has 1 heterocycles. The van der Waals surface area contributed by atoms with E-state index in [1.807, 2.05) is 6.07 Å². The number of halogens is 1. The van der Waals surface area contributed by atoms with Crippen molar-refractivity contribution >= 4 is 5.91 Å². The highest BCUT2D eigenvalue weighted by atomic mass is 19.1. The van der Waals surface area contributed by atoms with Gasteiger partial charge in [-0.2, -0.15) is 0 Å². The van der Waals surface area contributed by atoms with Crippen LogP contribution in [0, 0.1) is 5.82 Å². The molecule has 0 atom stereocenters. The summed E-state index contributed by atoms with van der Waals surface area (Å²) in [6, 6.07) is 9.92. The van der Waals surface area contributed by atoms with Crippen LogP contribution in [0.2, 0.25) is 0 Å². The molecule has 1 aromatic carbocycles. The molecule has 1 saturated carbocycles. The summed E-state index contributed by atoms with van der Waals surface area (Å²) in [6.07, 6.45) is 3.41. The quantitative estimate of drug-likeness (QED) is 0.856. The molecular formula is C14H13FN2O. The van der Waals surface area contributed by atoms with Gasteiger partial charge in [0.05, 0.1) is 5.54 Å². The Morgan fingerprint density at radius 2 is 2.11 bits per heavy atom. The first-order valence-electron chi connectivity index (χ1n) is 5.92. The van der Waals surface area contributed by atoms with Gasteiger partial charge in [0.2, 0.25) is 0 Å². The van der Waals surface area contributed by atoms with Crippen molar-refractivity contribution in [2.75, 3.05) is 0 Å². The monoisotopic (exact) mass is 244 g/mol. The lowest BCUT2D eigenvalue weighted by molar-refractivity contribution is 0.0926. The van der Waals surface area contributed by atoms with E-state index in [9.17, 15) is 9.18 Å². The van der Waals surface area contributed by atoms with E-state index in [0.29, 0.717) is 5.69 Å². The van der Waals surface area contributed by atoms with Gasteiger partial charge in [0.15, 0.2) is 0 Å². The van der Waals surface area contributed by atoms with Gasteiger partial charge in [-0.3, -0.25) is 4.79 Å². The second kappa shape index (κ2) is 3.98. The number of carbonyl (C=O) groups excluding carboxylic acids is 1. The molecular weight excluding hydrogens is 231 g/mol. The van der Waals surface area contributed by atoms with Crippen molar-refractivity contribution in [2.24, 2.45) is 0 Å². The van der Waals surface area contributed by atoms with Gasteiger partial charge < -0.3 is 10.3 Å². The zero-order chi connectivity index (χ0) is 12.6. The molecule has 4 heteroatoms. The normalized spacial score (nSPS) is 16.3. The van der Waals surface area contributed by atoms with Crippen molar-refractivity contribution in [2.45, 2.75) is 18.4 Å². The molecule has 3 nitrogen and oxygen atoms in total. The Morgan fingerprint density at radius 3 is 2.72 bits per heavy atom. The van der Waals surface area contributed by atoms with Crippen LogP contribution < -0.4 is 5.32 Å². The smallest absolute Gasteiger partial charge is 0.268 e. The Morgan fingerprint density at radius 1 is 1.28 bits per heavy atom. The number of aromatic nitrogens is 1. The van der Waals surface area contributed by atoms with Crippen LogP contribution in [0.4, 0.5) is 4.39 Å². The molecule has 3 rings (SSSR count). The molecule has 0 aliphatic heterocycles. The highest BCUT2D eigenvalue weighted by Crippen LogP contribution is 2.45. The molecule has 2 aromatic rings. The topological polar surface area (TPSA) is 44.9 Å². The Kier molecular flexibility index (Phi) is 2.44. The summed E-state index contributed by atoms with van der Waals surface area (Å²) in [6.45, 7) is 0. The summed E-state index contributed by atoms with van der Waals surface area (Å²) >= 11 is 0. The SMILES string of the molecule is O=C(NC1(c2cccc(F)c2)CC1)c1ccc[nH]1. The third-order valence-corrected chi connectivity index (χ3v) is 3.32. The number of amides is 1. The summed E-state index contributed by atoms with van der Waals surface area (Å²) in [5.41, 5.74) is 0.977. The number of H-pyrrole nitrogens is 1. The Balaban J connectivity index is 1.82. The standard InChI is InChI=1S/C14H13FN2O/c15-11-4-1-3-10(9-11)14(6-7-14)17-13(18)12-5-2-8-16-12/h1-5,8-9,16H,6-7H2,(H,17,18).